The van der Waals surface area contributed by atoms with Crippen LogP contribution in [-0.4, -0.2) is 25.7 Å². The normalized spacial score (nSPS) is 9.31. The molecule has 1 aromatic carbocycles. The van der Waals surface area contributed by atoms with Crippen LogP contribution in [0.2, 0.25) is 0 Å². The highest BCUT2D eigenvalue weighted by atomic mass is 16.2. The minimum Gasteiger partial charge on any atom is -0.370 e. The molecule has 0 aliphatic heterocycles. The van der Waals surface area contributed by atoms with Crippen molar-refractivity contribution in [2.24, 2.45) is 5.73 Å². The van der Waals surface area contributed by atoms with Crippen LogP contribution in [0, 0.1) is 5.41 Å². The van der Waals surface area contributed by atoms with Crippen molar-refractivity contribution in [1.82, 2.24) is 10.6 Å². The number of amides is 2. The number of carbonyl (C=O) groups is 1. The zero-order valence-corrected chi connectivity index (χ0v) is 9.03. The highest BCUT2D eigenvalue weighted by molar-refractivity contribution is 5.91. The maximum absolute atomic E-state index is 11.6. The van der Waals surface area contributed by atoms with Crippen LogP contribution in [0.15, 0.2) is 30.3 Å². The Morgan fingerprint density at radius 2 is 2.00 bits per heavy atom. The third kappa shape index (κ3) is 3.49. The van der Waals surface area contributed by atoms with E-state index in [0.29, 0.717) is 0 Å². The molecule has 16 heavy (non-hydrogen) atoms. The lowest BCUT2D eigenvalue weighted by molar-refractivity contribution is 0.247. The number of hydrogen-bond acceptors (Lipinski definition) is 2. The largest absolute Gasteiger partial charge is 0.370 e. The zero-order chi connectivity index (χ0) is 12.0. The summed E-state index contributed by atoms with van der Waals surface area (Å²) in [5.74, 6) is -0.178. The molecule has 0 fully saturated rings. The molecule has 0 unspecified atom stereocenters. The minimum atomic E-state index is -0.264. The smallest absolute Gasteiger partial charge is 0.322 e. The number of hydrogen-bond donors (Lipinski definition) is 4. The number of rotatable bonds is 3. The molecule has 0 heterocycles. The Kier molecular flexibility index (Phi) is 4.14. The van der Waals surface area contributed by atoms with Gasteiger partial charge in [0, 0.05) is 12.7 Å². The Bertz CT molecular complexity index is 365. The first-order valence-corrected chi connectivity index (χ1v) is 4.76. The van der Waals surface area contributed by atoms with Crippen molar-refractivity contribution in [1.29, 1.82) is 5.41 Å². The van der Waals surface area contributed by atoms with Gasteiger partial charge in [0.2, 0.25) is 0 Å². The fourth-order valence-electron chi connectivity index (χ4n) is 1.10. The fraction of sp³-hybridized carbons (Fsp3) is 0.200. The number of para-hydroxylation sites is 1. The SMILES string of the molecule is CN(C(=O)NCNC(=N)N)c1ccccc1. The summed E-state index contributed by atoms with van der Waals surface area (Å²) >= 11 is 0. The average Bonchev–Trinajstić information content (AvgIpc) is 2.28. The van der Waals surface area contributed by atoms with Crippen molar-refractivity contribution >= 4 is 17.7 Å². The number of benzene rings is 1. The molecule has 0 radical (unpaired) electrons. The first-order valence-electron chi connectivity index (χ1n) is 4.76. The molecular weight excluding hydrogens is 206 g/mol. The highest BCUT2D eigenvalue weighted by Gasteiger charge is 2.08. The molecule has 0 bridgehead atoms. The Morgan fingerprint density at radius 3 is 2.56 bits per heavy atom. The Morgan fingerprint density at radius 1 is 1.38 bits per heavy atom. The van der Waals surface area contributed by atoms with Gasteiger partial charge in [-0.1, -0.05) is 18.2 Å². The molecule has 0 atom stereocenters. The summed E-state index contributed by atoms with van der Waals surface area (Å²) in [4.78, 5) is 13.1. The van der Waals surface area contributed by atoms with Crippen LogP contribution in [0.5, 0.6) is 0 Å². The quantitative estimate of drug-likeness (QED) is 0.335. The lowest BCUT2D eigenvalue weighted by Crippen LogP contribution is -2.45. The van der Waals surface area contributed by atoms with Gasteiger partial charge in [0.15, 0.2) is 5.96 Å². The van der Waals surface area contributed by atoms with Crippen molar-refractivity contribution < 1.29 is 4.79 Å². The van der Waals surface area contributed by atoms with Crippen molar-refractivity contribution in [3.05, 3.63) is 30.3 Å². The monoisotopic (exact) mass is 221 g/mol. The number of carbonyl (C=O) groups excluding carboxylic acids is 1. The van der Waals surface area contributed by atoms with Gasteiger partial charge in [-0.15, -0.1) is 0 Å². The third-order valence-corrected chi connectivity index (χ3v) is 1.97. The molecule has 0 spiro atoms. The van der Waals surface area contributed by atoms with E-state index in [1.807, 2.05) is 30.3 Å². The van der Waals surface area contributed by atoms with E-state index in [4.69, 9.17) is 11.1 Å². The van der Waals surface area contributed by atoms with Gasteiger partial charge in [-0.05, 0) is 12.1 Å². The lowest BCUT2D eigenvalue weighted by Gasteiger charge is -2.18. The second-order valence-corrected chi connectivity index (χ2v) is 3.14. The van der Waals surface area contributed by atoms with Gasteiger partial charge < -0.3 is 16.4 Å². The Balaban J connectivity index is 2.45. The summed E-state index contributed by atoms with van der Waals surface area (Å²) in [7, 11) is 1.67. The molecule has 86 valence electrons. The van der Waals surface area contributed by atoms with E-state index in [2.05, 4.69) is 10.6 Å². The predicted octanol–water partition coefficient (Wildman–Crippen LogP) is 0.273. The number of nitrogens with two attached hydrogens (primary N) is 1. The minimum absolute atomic E-state index is 0.130. The van der Waals surface area contributed by atoms with Crippen LogP contribution in [0.4, 0.5) is 10.5 Å². The zero-order valence-electron chi connectivity index (χ0n) is 9.03. The maximum Gasteiger partial charge on any atom is 0.322 e. The van der Waals surface area contributed by atoms with Crippen LogP contribution < -0.4 is 21.3 Å². The maximum atomic E-state index is 11.6. The lowest BCUT2D eigenvalue weighted by atomic mass is 10.3. The van der Waals surface area contributed by atoms with Gasteiger partial charge in [0.25, 0.3) is 0 Å². The third-order valence-electron chi connectivity index (χ3n) is 1.97. The number of guanidine groups is 1. The van der Waals surface area contributed by atoms with Gasteiger partial charge in [0.1, 0.15) is 0 Å². The van der Waals surface area contributed by atoms with Gasteiger partial charge in [-0.2, -0.15) is 0 Å². The van der Waals surface area contributed by atoms with Crippen molar-refractivity contribution in [2.75, 3.05) is 18.6 Å². The van der Waals surface area contributed by atoms with E-state index in [9.17, 15) is 4.79 Å². The molecule has 1 aromatic rings. The molecule has 6 heteroatoms. The summed E-state index contributed by atoms with van der Waals surface area (Å²) < 4.78 is 0. The fourth-order valence-corrected chi connectivity index (χ4v) is 1.10. The van der Waals surface area contributed by atoms with Crippen molar-refractivity contribution in [2.45, 2.75) is 0 Å². The summed E-state index contributed by atoms with van der Waals surface area (Å²) in [6.45, 7) is 0.130. The molecule has 1 rings (SSSR count). The number of nitrogens with one attached hydrogen (secondary N) is 3. The van der Waals surface area contributed by atoms with Gasteiger partial charge in [-0.25, -0.2) is 4.79 Å². The Hall–Kier alpha value is -2.24. The second kappa shape index (κ2) is 5.59. The van der Waals surface area contributed by atoms with Crippen LogP contribution in [0.1, 0.15) is 0 Å². The average molecular weight is 221 g/mol. The summed E-state index contributed by atoms with van der Waals surface area (Å²) in [6, 6.07) is 8.99. The molecule has 2 amide bonds. The van der Waals surface area contributed by atoms with E-state index < -0.39 is 0 Å². The van der Waals surface area contributed by atoms with E-state index in [0.717, 1.165) is 5.69 Å². The van der Waals surface area contributed by atoms with Gasteiger partial charge >= 0.3 is 6.03 Å². The molecule has 5 N–H and O–H groups in total. The molecule has 0 aromatic heterocycles. The van der Waals surface area contributed by atoms with Crippen molar-refractivity contribution in [3.63, 3.8) is 0 Å². The molecule has 0 saturated heterocycles. The summed E-state index contributed by atoms with van der Waals surface area (Å²) in [5.41, 5.74) is 5.87. The van der Waals surface area contributed by atoms with E-state index >= 15 is 0 Å². The van der Waals surface area contributed by atoms with Crippen LogP contribution in [0.3, 0.4) is 0 Å². The van der Waals surface area contributed by atoms with Crippen molar-refractivity contribution in [3.8, 4) is 0 Å². The van der Waals surface area contributed by atoms with Gasteiger partial charge in [0.05, 0.1) is 6.67 Å². The molecule has 0 saturated carbocycles. The number of nitrogens with zero attached hydrogens (tertiary/aromatic N) is 1. The Labute approximate surface area is 93.9 Å². The first kappa shape index (κ1) is 11.8. The van der Waals surface area contributed by atoms with Crippen LogP contribution >= 0.6 is 0 Å². The first-order chi connectivity index (χ1) is 7.61. The summed E-state index contributed by atoms with van der Waals surface area (Å²) in [5, 5.41) is 12.0. The standard InChI is InChI=1S/C10H15N5O/c1-15(8-5-3-2-4-6-8)10(16)14-7-13-9(11)12/h2-6H,7H2,1H3,(H,14,16)(H4,11,12,13). The van der Waals surface area contributed by atoms with Crippen LogP contribution in [-0.2, 0) is 0 Å². The topological polar surface area (TPSA) is 94.2 Å². The van der Waals surface area contributed by atoms with E-state index in [1.165, 1.54) is 4.90 Å². The van der Waals surface area contributed by atoms with Crippen LogP contribution in [0.25, 0.3) is 0 Å². The number of urea groups is 1. The number of anilines is 1. The molecule has 0 aliphatic rings. The molecule has 0 aliphatic carbocycles. The van der Waals surface area contributed by atoms with E-state index in [-0.39, 0.29) is 18.7 Å². The second-order valence-electron chi connectivity index (χ2n) is 3.14. The van der Waals surface area contributed by atoms with Gasteiger partial charge in [-0.3, -0.25) is 10.3 Å². The predicted molar refractivity (Wildman–Crippen MR) is 63.3 cm³/mol. The molecular formula is C10H15N5O. The van der Waals surface area contributed by atoms with E-state index in [1.54, 1.807) is 7.05 Å². The summed E-state index contributed by atoms with van der Waals surface area (Å²) in [6.07, 6.45) is 0. The molecule has 6 nitrogen and oxygen atoms in total. The highest BCUT2D eigenvalue weighted by Crippen LogP contribution is 2.10.